The average Bonchev–Trinajstić information content (AvgIpc) is 2.87. The Hall–Kier alpha value is -1.43. The summed E-state index contributed by atoms with van der Waals surface area (Å²) in [4.78, 5) is 12.1. The lowest BCUT2D eigenvalue weighted by Crippen LogP contribution is -2.48. The summed E-state index contributed by atoms with van der Waals surface area (Å²) in [6, 6.07) is 2.85. The minimum Gasteiger partial charge on any atom is -0.360 e. The number of hydrogen-bond acceptors (Lipinski definition) is 4. The fourth-order valence-corrected chi connectivity index (χ4v) is 3.46. The van der Waals surface area contributed by atoms with Crippen LogP contribution in [0.15, 0.2) is 10.6 Å². The SMILES string of the molecule is O=C(NC1CC2CCC(C1)N2)c1cc([C@H]2C[C@@H]2F)on1. The molecule has 2 saturated heterocycles. The molecule has 4 atom stereocenters. The Morgan fingerprint density at radius 1 is 1.35 bits per heavy atom. The Morgan fingerprint density at radius 2 is 2.05 bits per heavy atom. The van der Waals surface area contributed by atoms with Gasteiger partial charge in [-0.25, -0.2) is 4.39 Å². The molecule has 1 aliphatic carbocycles. The predicted molar refractivity (Wildman–Crippen MR) is 69.2 cm³/mol. The van der Waals surface area contributed by atoms with E-state index in [-0.39, 0.29) is 23.6 Å². The van der Waals surface area contributed by atoms with Gasteiger partial charge in [-0.1, -0.05) is 5.16 Å². The highest BCUT2D eigenvalue weighted by molar-refractivity contribution is 5.92. The second-order valence-corrected chi connectivity index (χ2v) is 6.25. The van der Waals surface area contributed by atoms with Crippen molar-refractivity contribution in [2.45, 2.75) is 62.3 Å². The van der Waals surface area contributed by atoms with Crippen LogP contribution in [0.3, 0.4) is 0 Å². The highest BCUT2D eigenvalue weighted by atomic mass is 19.1. The first-order chi connectivity index (χ1) is 9.69. The van der Waals surface area contributed by atoms with Gasteiger partial charge in [0.05, 0.1) is 5.92 Å². The minimum absolute atomic E-state index is 0.196. The summed E-state index contributed by atoms with van der Waals surface area (Å²) in [5.41, 5.74) is 0.268. The molecule has 5 nitrogen and oxygen atoms in total. The zero-order valence-corrected chi connectivity index (χ0v) is 11.1. The summed E-state index contributed by atoms with van der Waals surface area (Å²) >= 11 is 0. The maximum absolute atomic E-state index is 12.9. The van der Waals surface area contributed by atoms with E-state index in [4.69, 9.17) is 4.52 Å². The molecule has 0 radical (unpaired) electrons. The number of aromatic nitrogens is 1. The second-order valence-electron chi connectivity index (χ2n) is 6.25. The number of piperidine rings is 1. The molecular formula is C14H18FN3O2. The van der Waals surface area contributed by atoms with Crippen LogP contribution in [0.1, 0.15) is 54.3 Å². The number of fused-ring (bicyclic) bond motifs is 2. The van der Waals surface area contributed by atoms with Crippen molar-refractivity contribution in [2.75, 3.05) is 0 Å². The molecule has 108 valence electrons. The molecule has 1 saturated carbocycles. The molecule has 2 bridgehead atoms. The summed E-state index contributed by atoms with van der Waals surface area (Å²) < 4.78 is 18.0. The molecule has 0 spiro atoms. The van der Waals surface area contributed by atoms with Crippen LogP contribution >= 0.6 is 0 Å². The number of rotatable bonds is 3. The molecule has 3 heterocycles. The molecule has 4 rings (SSSR count). The lowest BCUT2D eigenvalue weighted by Gasteiger charge is -2.29. The normalized spacial score (nSPS) is 38.8. The standard InChI is InChI=1S/C14H18FN3O2/c15-11-5-10(11)13-6-12(18-20-13)14(19)17-9-3-7-1-2-8(4-9)16-7/h6-11,16H,1-5H2,(H,17,19)/t7?,8?,9?,10-,11-/m0/s1. The van der Waals surface area contributed by atoms with Gasteiger partial charge in [-0.05, 0) is 32.1 Å². The molecular weight excluding hydrogens is 261 g/mol. The van der Waals surface area contributed by atoms with Crippen LogP contribution in [0.5, 0.6) is 0 Å². The molecule has 2 unspecified atom stereocenters. The van der Waals surface area contributed by atoms with Gasteiger partial charge in [0.2, 0.25) is 0 Å². The molecule has 6 heteroatoms. The number of carbonyl (C=O) groups excluding carboxylic acids is 1. The van der Waals surface area contributed by atoms with Crippen molar-refractivity contribution in [3.8, 4) is 0 Å². The van der Waals surface area contributed by atoms with Gasteiger partial charge in [-0.3, -0.25) is 4.79 Å². The van der Waals surface area contributed by atoms with Gasteiger partial charge in [0, 0.05) is 24.2 Å². The second kappa shape index (κ2) is 4.55. The first kappa shape index (κ1) is 12.3. The van der Waals surface area contributed by atoms with Crippen molar-refractivity contribution in [1.29, 1.82) is 0 Å². The van der Waals surface area contributed by atoms with Crippen molar-refractivity contribution in [3.05, 3.63) is 17.5 Å². The Morgan fingerprint density at radius 3 is 2.70 bits per heavy atom. The number of halogens is 1. The van der Waals surface area contributed by atoms with Crippen LogP contribution in [0, 0.1) is 0 Å². The number of hydrogen-bond donors (Lipinski definition) is 2. The molecule has 0 aromatic carbocycles. The van der Waals surface area contributed by atoms with E-state index in [2.05, 4.69) is 15.8 Å². The van der Waals surface area contributed by atoms with Crippen molar-refractivity contribution in [2.24, 2.45) is 0 Å². The van der Waals surface area contributed by atoms with Crippen LogP contribution in [-0.2, 0) is 0 Å². The van der Waals surface area contributed by atoms with E-state index in [1.54, 1.807) is 6.07 Å². The molecule has 3 aliphatic rings. The summed E-state index contributed by atoms with van der Waals surface area (Å²) in [5, 5.41) is 10.3. The topological polar surface area (TPSA) is 67.2 Å². The Kier molecular flexibility index (Phi) is 2.80. The van der Waals surface area contributed by atoms with Crippen LogP contribution in [-0.4, -0.2) is 35.4 Å². The number of alkyl halides is 1. The number of nitrogens with one attached hydrogen (secondary N) is 2. The maximum Gasteiger partial charge on any atom is 0.273 e. The Balaban J connectivity index is 1.39. The maximum atomic E-state index is 12.9. The molecule has 1 amide bonds. The first-order valence-corrected chi connectivity index (χ1v) is 7.36. The molecule has 1 aromatic heterocycles. The van der Waals surface area contributed by atoms with Crippen molar-refractivity contribution >= 4 is 5.91 Å². The van der Waals surface area contributed by atoms with E-state index in [1.165, 1.54) is 12.8 Å². The van der Waals surface area contributed by atoms with Gasteiger partial charge < -0.3 is 15.2 Å². The van der Waals surface area contributed by atoms with Crippen LogP contribution < -0.4 is 10.6 Å². The molecule has 3 fully saturated rings. The van der Waals surface area contributed by atoms with Gasteiger partial charge in [-0.2, -0.15) is 0 Å². The van der Waals surface area contributed by atoms with Crippen molar-refractivity contribution in [3.63, 3.8) is 0 Å². The summed E-state index contributed by atoms with van der Waals surface area (Å²) in [6.45, 7) is 0. The smallest absolute Gasteiger partial charge is 0.273 e. The average molecular weight is 279 g/mol. The van der Waals surface area contributed by atoms with Gasteiger partial charge in [0.1, 0.15) is 11.9 Å². The fourth-order valence-electron chi connectivity index (χ4n) is 3.46. The zero-order chi connectivity index (χ0) is 13.7. The monoisotopic (exact) mass is 279 g/mol. The van der Waals surface area contributed by atoms with Gasteiger partial charge in [0.25, 0.3) is 5.91 Å². The minimum atomic E-state index is -0.834. The first-order valence-electron chi connectivity index (χ1n) is 7.36. The van der Waals surface area contributed by atoms with Crippen molar-refractivity contribution in [1.82, 2.24) is 15.8 Å². The zero-order valence-electron chi connectivity index (χ0n) is 11.1. The fraction of sp³-hybridized carbons (Fsp3) is 0.714. The third-order valence-corrected chi connectivity index (χ3v) is 4.65. The van der Waals surface area contributed by atoms with Crippen molar-refractivity contribution < 1.29 is 13.7 Å². The molecule has 1 aromatic rings. The number of carbonyl (C=O) groups is 1. The highest BCUT2D eigenvalue weighted by Crippen LogP contribution is 2.43. The predicted octanol–water partition coefficient (Wildman–Crippen LogP) is 1.51. The third kappa shape index (κ3) is 2.22. The van der Waals surface area contributed by atoms with Gasteiger partial charge >= 0.3 is 0 Å². The highest BCUT2D eigenvalue weighted by Gasteiger charge is 2.42. The van der Waals surface area contributed by atoms with E-state index in [0.29, 0.717) is 24.3 Å². The molecule has 2 N–H and O–H groups in total. The number of nitrogens with zero attached hydrogens (tertiary/aromatic N) is 1. The molecule has 2 aliphatic heterocycles. The van der Waals surface area contributed by atoms with E-state index in [0.717, 1.165) is 12.8 Å². The van der Waals surface area contributed by atoms with E-state index in [9.17, 15) is 9.18 Å². The van der Waals surface area contributed by atoms with Crippen LogP contribution in [0.2, 0.25) is 0 Å². The summed E-state index contributed by atoms with van der Waals surface area (Å²) in [7, 11) is 0. The Labute approximate surface area is 116 Å². The quantitative estimate of drug-likeness (QED) is 0.880. The lowest BCUT2D eigenvalue weighted by atomic mass is 10.00. The Bertz CT molecular complexity index is 520. The third-order valence-electron chi connectivity index (χ3n) is 4.65. The molecule has 20 heavy (non-hydrogen) atoms. The number of amides is 1. The van der Waals surface area contributed by atoms with E-state index in [1.807, 2.05) is 0 Å². The summed E-state index contributed by atoms with van der Waals surface area (Å²) in [6.07, 6.45) is 3.99. The van der Waals surface area contributed by atoms with Gasteiger partial charge in [0.15, 0.2) is 5.69 Å². The van der Waals surface area contributed by atoms with Crippen LogP contribution in [0.4, 0.5) is 4.39 Å². The summed E-state index contributed by atoms with van der Waals surface area (Å²) in [5.74, 6) is 0.0918. The van der Waals surface area contributed by atoms with Crippen LogP contribution in [0.25, 0.3) is 0 Å². The van der Waals surface area contributed by atoms with E-state index >= 15 is 0 Å². The van der Waals surface area contributed by atoms with Gasteiger partial charge in [-0.15, -0.1) is 0 Å². The lowest BCUT2D eigenvalue weighted by molar-refractivity contribution is 0.0914. The largest absolute Gasteiger partial charge is 0.360 e. The van der Waals surface area contributed by atoms with E-state index < -0.39 is 6.17 Å².